The summed E-state index contributed by atoms with van der Waals surface area (Å²) in [5.74, 6) is 1.49. The number of pyridine rings is 1. The smallest absolute Gasteiger partial charge is 0.251 e. The van der Waals surface area contributed by atoms with Crippen LogP contribution in [0.25, 0.3) is 10.9 Å². The first-order valence-electron chi connectivity index (χ1n) is 12.4. The van der Waals surface area contributed by atoms with Crippen LogP contribution in [0, 0.1) is 11.3 Å². The summed E-state index contributed by atoms with van der Waals surface area (Å²) in [6, 6.07) is 9.44. The molecule has 0 saturated carbocycles. The Hall–Kier alpha value is -3.81. The van der Waals surface area contributed by atoms with Crippen LogP contribution in [0.15, 0.2) is 53.1 Å². The van der Waals surface area contributed by atoms with Gasteiger partial charge in [0.05, 0.1) is 35.9 Å². The van der Waals surface area contributed by atoms with Crippen molar-refractivity contribution >= 4 is 16.7 Å². The van der Waals surface area contributed by atoms with Gasteiger partial charge in [0, 0.05) is 30.6 Å². The molecule has 4 aliphatic heterocycles. The van der Waals surface area contributed by atoms with Crippen LogP contribution in [0.4, 0.5) is 0 Å². The lowest BCUT2D eigenvalue weighted by Crippen LogP contribution is -2.49. The number of ether oxygens (including phenoxy) is 2. The monoisotopic (exact) mass is 488 g/mol. The van der Waals surface area contributed by atoms with Gasteiger partial charge in [-0.2, -0.15) is 5.26 Å². The van der Waals surface area contributed by atoms with Crippen molar-refractivity contribution in [3.05, 3.63) is 64.2 Å². The van der Waals surface area contributed by atoms with Crippen LogP contribution in [-0.2, 0) is 9.53 Å². The van der Waals surface area contributed by atoms with Crippen molar-refractivity contribution in [2.24, 2.45) is 0 Å². The summed E-state index contributed by atoms with van der Waals surface area (Å²) < 4.78 is 13.3. The largest absolute Gasteiger partial charge is 0.488 e. The molecule has 0 aliphatic carbocycles. The number of fused-ring (bicyclic) bond motifs is 1. The molecule has 0 amide bonds. The molecule has 10 heteroatoms. The van der Waals surface area contributed by atoms with Gasteiger partial charge >= 0.3 is 0 Å². The van der Waals surface area contributed by atoms with Gasteiger partial charge in [-0.05, 0) is 38.1 Å². The van der Waals surface area contributed by atoms with E-state index in [0.29, 0.717) is 43.6 Å². The number of nitrogens with one attached hydrogen (secondary N) is 2. The first-order chi connectivity index (χ1) is 17.6. The van der Waals surface area contributed by atoms with E-state index in [1.807, 2.05) is 15.5 Å². The quantitative estimate of drug-likeness (QED) is 0.637. The van der Waals surface area contributed by atoms with Gasteiger partial charge in [0.15, 0.2) is 11.5 Å². The number of benzene rings is 1. The molecule has 2 N–H and O–H groups in total. The predicted octanol–water partition coefficient (Wildman–Crippen LogP) is 1.01. The number of Topliss-reactive ketones (excluding diaryl/α,β-unsaturated/α-hetero) is 1. The number of aromatic nitrogens is 1. The highest BCUT2D eigenvalue weighted by Gasteiger charge is 2.30. The molecule has 0 unspecified atom stereocenters. The van der Waals surface area contributed by atoms with Crippen molar-refractivity contribution < 1.29 is 14.3 Å². The molecule has 2 saturated heterocycles. The number of nitriles is 1. The van der Waals surface area contributed by atoms with Crippen molar-refractivity contribution in [1.82, 2.24) is 25.0 Å². The normalized spacial score (nSPS) is 22.0. The van der Waals surface area contributed by atoms with E-state index in [4.69, 9.17) is 9.47 Å². The van der Waals surface area contributed by atoms with E-state index in [1.165, 1.54) is 0 Å². The number of likely N-dealkylation sites (tertiary alicyclic amines) is 1. The maximum absolute atomic E-state index is 12.9. The molecule has 2 fully saturated rings. The minimum Gasteiger partial charge on any atom is -0.488 e. The van der Waals surface area contributed by atoms with Gasteiger partial charge in [-0.15, -0.1) is 0 Å². The molecule has 2 aromatic rings. The Morgan fingerprint density at radius 2 is 1.97 bits per heavy atom. The van der Waals surface area contributed by atoms with E-state index in [0.717, 1.165) is 54.9 Å². The standard InChI is InChI=1S/C26H28N6O4/c27-9-18-2-1-17-3-4-24(34)32-21(15-36-26(18)25(17)32)12-30-7-5-19(6-8-30)28-10-20-14-35-16-23-29-11-22(33)13-31(20)23/h1-4,14,16,19,21,28-29H,5-8,10-13,15H2/t21-/m1/s1. The predicted molar refractivity (Wildman–Crippen MR) is 132 cm³/mol. The van der Waals surface area contributed by atoms with Gasteiger partial charge in [0.2, 0.25) is 0 Å². The maximum atomic E-state index is 12.9. The summed E-state index contributed by atoms with van der Waals surface area (Å²) in [5, 5.41) is 17.1. The Morgan fingerprint density at radius 1 is 1.14 bits per heavy atom. The summed E-state index contributed by atoms with van der Waals surface area (Å²) in [6.07, 6.45) is 5.29. The molecule has 36 heavy (non-hydrogen) atoms. The zero-order chi connectivity index (χ0) is 24.6. The topological polar surface area (TPSA) is 112 Å². The molecule has 1 atom stereocenters. The van der Waals surface area contributed by atoms with Gasteiger partial charge in [-0.3, -0.25) is 14.2 Å². The van der Waals surface area contributed by atoms with Crippen molar-refractivity contribution in [2.75, 3.05) is 45.9 Å². The van der Waals surface area contributed by atoms with E-state index in [2.05, 4.69) is 21.6 Å². The van der Waals surface area contributed by atoms with Crippen molar-refractivity contribution in [3.8, 4) is 11.8 Å². The fraction of sp³-hybridized carbons (Fsp3) is 0.423. The third kappa shape index (κ3) is 4.10. The number of carbonyl (C=O) groups excluding carboxylic acids is 1. The second-order valence-electron chi connectivity index (χ2n) is 9.68. The summed E-state index contributed by atoms with van der Waals surface area (Å²) in [5.41, 5.74) is 2.05. The van der Waals surface area contributed by atoms with Crippen molar-refractivity contribution in [2.45, 2.75) is 24.9 Å². The lowest BCUT2D eigenvalue weighted by atomic mass is 10.0. The fourth-order valence-corrected chi connectivity index (χ4v) is 5.51. The Balaban J connectivity index is 1.08. The van der Waals surface area contributed by atoms with Crippen LogP contribution in [0.1, 0.15) is 24.4 Å². The van der Waals surface area contributed by atoms with Crippen LogP contribution >= 0.6 is 0 Å². The van der Waals surface area contributed by atoms with Crippen LogP contribution in [0.5, 0.6) is 5.75 Å². The highest BCUT2D eigenvalue weighted by molar-refractivity contribution is 5.88. The number of rotatable bonds is 5. The summed E-state index contributed by atoms with van der Waals surface area (Å²) in [6.45, 7) is 4.24. The molecule has 4 aliphatic rings. The van der Waals surface area contributed by atoms with Crippen molar-refractivity contribution in [1.29, 1.82) is 5.26 Å². The zero-order valence-corrected chi connectivity index (χ0v) is 19.9. The average molecular weight is 489 g/mol. The molecule has 1 aromatic heterocycles. The summed E-state index contributed by atoms with van der Waals surface area (Å²) in [7, 11) is 0. The molecule has 5 heterocycles. The van der Waals surface area contributed by atoms with E-state index in [9.17, 15) is 14.9 Å². The van der Waals surface area contributed by atoms with Crippen LogP contribution in [0.3, 0.4) is 0 Å². The van der Waals surface area contributed by atoms with E-state index >= 15 is 0 Å². The molecule has 0 bridgehead atoms. The number of hydrogen-bond acceptors (Lipinski definition) is 9. The Labute approximate surface area is 208 Å². The lowest BCUT2D eigenvalue weighted by molar-refractivity contribution is -0.120. The van der Waals surface area contributed by atoms with Crippen LogP contribution < -0.4 is 20.9 Å². The van der Waals surface area contributed by atoms with Gasteiger partial charge in [-0.25, -0.2) is 0 Å². The van der Waals surface area contributed by atoms with Crippen LogP contribution in [0.2, 0.25) is 0 Å². The second kappa shape index (κ2) is 9.33. The molecule has 0 spiro atoms. The van der Waals surface area contributed by atoms with E-state index in [-0.39, 0.29) is 17.4 Å². The third-order valence-electron chi connectivity index (χ3n) is 7.40. The number of carbonyl (C=O) groups is 1. The lowest BCUT2D eigenvalue weighted by Gasteiger charge is -2.38. The van der Waals surface area contributed by atoms with E-state index in [1.54, 1.807) is 30.7 Å². The molecular formula is C26H28N6O4. The molecule has 186 valence electrons. The Kier molecular flexibility index (Phi) is 5.87. The highest BCUT2D eigenvalue weighted by atomic mass is 16.5. The second-order valence-corrected chi connectivity index (χ2v) is 9.68. The molecule has 10 nitrogen and oxygen atoms in total. The Morgan fingerprint density at radius 3 is 2.81 bits per heavy atom. The number of piperidine rings is 1. The third-order valence-corrected chi connectivity index (χ3v) is 7.40. The number of nitrogens with zero attached hydrogens (tertiary/aromatic N) is 4. The van der Waals surface area contributed by atoms with Gasteiger partial charge in [-0.1, -0.05) is 6.07 Å². The van der Waals surface area contributed by atoms with E-state index < -0.39 is 0 Å². The van der Waals surface area contributed by atoms with Gasteiger partial charge in [0.1, 0.15) is 31.0 Å². The first-order valence-corrected chi connectivity index (χ1v) is 12.4. The minimum absolute atomic E-state index is 0.0641. The number of hydrogen-bond donors (Lipinski definition) is 2. The molecule has 1 aromatic carbocycles. The molecule has 6 rings (SSSR count). The van der Waals surface area contributed by atoms with Gasteiger partial charge in [0.25, 0.3) is 5.56 Å². The first kappa shape index (κ1) is 22.6. The molecular weight excluding hydrogens is 460 g/mol. The minimum atomic E-state index is -0.106. The van der Waals surface area contributed by atoms with Crippen LogP contribution in [-0.4, -0.2) is 72.1 Å². The maximum Gasteiger partial charge on any atom is 0.251 e. The average Bonchev–Trinajstić information content (AvgIpc) is 2.91. The summed E-state index contributed by atoms with van der Waals surface area (Å²) >= 11 is 0. The van der Waals surface area contributed by atoms with Gasteiger partial charge < -0.3 is 29.9 Å². The Bertz CT molecular complexity index is 1360. The number of ketones is 1. The zero-order valence-electron chi connectivity index (χ0n) is 19.9. The molecule has 0 radical (unpaired) electrons. The SMILES string of the molecule is N#Cc1ccc2ccc(=O)n3c2c1OC[C@H]3CN1CCC(NCC2=COC=C3NCC(=O)CN23)CC1. The fourth-order valence-electron chi connectivity index (χ4n) is 5.51. The summed E-state index contributed by atoms with van der Waals surface area (Å²) in [4.78, 5) is 29.1. The highest BCUT2D eigenvalue weighted by Crippen LogP contribution is 2.34. The van der Waals surface area contributed by atoms with Crippen molar-refractivity contribution in [3.63, 3.8) is 0 Å².